The van der Waals surface area contributed by atoms with Crippen molar-refractivity contribution in [2.24, 2.45) is 0 Å². The minimum atomic E-state index is -3.74. The molecule has 0 N–H and O–H groups in total. The molecule has 0 aliphatic heterocycles. The molecule has 0 fully saturated rings. The van der Waals surface area contributed by atoms with Crippen LogP contribution in [0.5, 0.6) is 0 Å². The standard InChI is InChI=1S/C28H23BrN4O3S2/c1-32(18-20-6-3-2-4-7-20)38(35,36)24-12-9-22(10-13-24)27(34)33(19-21-8-5-15-30-17-21)28-31-25-14-11-23(29)16-26(25)37-28/h2-17H,18-19H2,1H3. The number of aromatic nitrogens is 2. The van der Waals surface area contributed by atoms with E-state index in [1.807, 2.05) is 60.7 Å². The monoisotopic (exact) mass is 606 g/mol. The molecule has 0 aliphatic rings. The minimum absolute atomic E-state index is 0.121. The SMILES string of the molecule is CN(Cc1ccccc1)S(=O)(=O)c1ccc(C(=O)N(Cc2cccnc2)c2nc3ccc(Br)cc3s2)cc1. The van der Waals surface area contributed by atoms with E-state index in [2.05, 4.69) is 20.9 Å². The first-order valence-electron chi connectivity index (χ1n) is 11.7. The predicted molar refractivity (Wildman–Crippen MR) is 154 cm³/mol. The van der Waals surface area contributed by atoms with Gasteiger partial charge >= 0.3 is 0 Å². The third kappa shape index (κ3) is 5.68. The molecule has 1 amide bonds. The highest BCUT2D eigenvalue weighted by atomic mass is 79.9. The molecule has 0 spiro atoms. The molecule has 2 heterocycles. The van der Waals surface area contributed by atoms with Crippen LogP contribution in [0.4, 0.5) is 5.13 Å². The van der Waals surface area contributed by atoms with Crippen molar-refractivity contribution in [2.75, 3.05) is 11.9 Å². The maximum absolute atomic E-state index is 13.7. The number of halogens is 1. The summed E-state index contributed by atoms with van der Waals surface area (Å²) in [7, 11) is -2.19. The first-order valence-corrected chi connectivity index (χ1v) is 14.7. The van der Waals surface area contributed by atoms with Crippen molar-refractivity contribution in [3.63, 3.8) is 0 Å². The van der Waals surface area contributed by atoms with Crippen LogP contribution in [0.25, 0.3) is 10.2 Å². The van der Waals surface area contributed by atoms with E-state index in [4.69, 9.17) is 4.98 Å². The van der Waals surface area contributed by atoms with Gasteiger partial charge in [0.05, 0.1) is 21.7 Å². The fourth-order valence-electron chi connectivity index (χ4n) is 3.93. The zero-order chi connectivity index (χ0) is 26.7. The van der Waals surface area contributed by atoms with Crippen LogP contribution in [-0.4, -0.2) is 35.6 Å². The highest BCUT2D eigenvalue weighted by Crippen LogP contribution is 2.32. The summed E-state index contributed by atoms with van der Waals surface area (Å²) in [4.78, 5) is 24.3. The smallest absolute Gasteiger partial charge is 0.260 e. The number of thiazole rings is 1. The molecule has 5 rings (SSSR count). The number of anilines is 1. The number of rotatable bonds is 8. The molecular weight excluding hydrogens is 584 g/mol. The highest BCUT2D eigenvalue weighted by Gasteiger charge is 2.25. The van der Waals surface area contributed by atoms with Crippen molar-refractivity contribution >= 4 is 58.5 Å². The van der Waals surface area contributed by atoms with Crippen molar-refractivity contribution in [3.05, 3.63) is 118 Å². The normalized spacial score (nSPS) is 11.7. The van der Waals surface area contributed by atoms with Gasteiger partial charge in [0, 0.05) is 36.0 Å². The Morgan fingerprint density at radius 1 is 0.921 bits per heavy atom. The number of carbonyl (C=O) groups excluding carboxylic acids is 1. The van der Waals surface area contributed by atoms with E-state index < -0.39 is 10.0 Å². The second-order valence-corrected chi connectivity index (χ2v) is 12.6. The topological polar surface area (TPSA) is 83.5 Å². The number of carbonyl (C=O) groups is 1. The van der Waals surface area contributed by atoms with Crippen LogP contribution in [0.15, 0.2) is 107 Å². The van der Waals surface area contributed by atoms with Gasteiger partial charge in [-0.05, 0) is 59.7 Å². The van der Waals surface area contributed by atoms with Gasteiger partial charge in [0.25, 0.3) is 5.91 Å². The van der Waals surface area contributed by atoms with Crippen molar-refractivity contribution in [2.45, 2.75) is 18.0 Å². The molecule has 0 atom stereocenters. The molecule has 0 saturated carbocycles. The Hall–Kier alpha value is -3.44. The van der Waals surface area contributed by atoms with Gasteiger partial charge < -0.3 is 0 Å². The molecule has 10 heteroatoms. The van der Waals surface area contributed by atoms with E-state index in [0.717, 1.165) is 25.8 Å². The number of pyridine rings is 1. The summed E-state index contributed by atoms with van der Waals surface area (Å²) in [5.74, 6) is -0.284. The van der Waals surface area contributed by atoms with Crippen molar-refractivity contribution in [1.29, 1.82) is 0 Å². The van der Waals surface area contributed by atoms with Gasteiger partial charge in [0.1, 0.15) is 0 Å². The third-order valence-electron chi connectivity index (χ3n) is 5.94. The minimum Gasteiger partial charge on any atom is -0.279 e. The average Bonchev–Trinajstić information content (AvgIpc) is 3.35. The number of benzene rings is 3. The Balaban J connectivity index is 1.43. The van der Waals surface area contributed by atoms with E-state index in [9.17, 15) is 13.2 Å². The van der Waals surface area contributed by atoms with E-state index in [1.165, 1.54) is 27.8 Å². The quantitative estimate of drug-likeness (QED) is 0.212. The molecule has 0 bridgehead atoms. The Labute approximate surface area is 233 Å². The molecule has 2 aromatic heterocycles. The first-order chi connectivity index (χ1) is 18.3. The van der Waals surface area contributed by atoms with E-state index >= 15 is 0 Å². The number of fused-ring (bicyclic) bond motifs is 1. The second-order valence-electron chi connectivity index (χ2n) is 8.63. The Morgan fingerprint density at radius 2 is 1.66 bits per heavy atom. The number of amides is 1. The summed E-state index contributed by atoms with van der Waals surface area (Å²) in [5, 5.41) is 0.547. The van der Waals surface area contributed by atoms with Crippen LogP contribution >= 0.6 is 27.3 Å². The van der Waals surface area contributed by atoms with Gasteiger partial charge in [-0.1, -0.05) is 63.7 Å². The summed E-state index contributed by atoms with van der Waals surface area (Å²) >= 11 is 4.90. The summed E-state index contributed by atoms with van der Waals surface area (Å²) in [5.41, 5.74) is 2.89. The maximum Gasteiger partial charge on any atom is 0.260 e. The lowest BCUT2D eigenvalue weighted by Gasteiger charge is -2.21. The van der Waals surface area contributed by atoms with Crippen molar-refractivity contribution in [1.82, 2.24) is 14.3 Å². The van der Waals surface area contributed by atoms with Crippen LogP contribution in [-0.2, 0) is 23.1 Å². The molecular formula is C28H23BrN4O3S2. The number of hydrogen-bond acceptors (Lipinski definition) is 6. The summed E-state index contributed by atoms with van der Waals surface area (Å²) in [6.45, 7) is 0.518. The molecule has 38 heavy (non-hydrogen) atoms. The molecule has 5 aromatic rings. The lowest BCUT2D eigenvalue weighted by atomic mass is 10.2. The van der Waals surface area contributed by atoms with Crippen LogP contribution in [0.2, 0.25) is 0 Å². The molecule has 192 valence electrons. The van der Waals surface area contributed by atoms with Gasteiger partial charge in [0.15, 0.2) is 5.13 Å². The molecule has 0 saturated heterocycles. The van der Waals surface area contributed by atoms with Crippen LogP contribution in [0.1, 0.15) is 21.5 Å². The van der Waals surface area contributed by atoms with Crippen molar-refractivity contribution in [3.8, 4) is 0 Å². The predicted octanol–water partition coefficient (Wildman–Crippen LogP) is 6.12. The third-order valence-corrected chi connectivity index (χ3v) is 9.29. The van der Waals surface area contributed by atoms with Crippen LogP contribution < -0.4 is 4.90 Å². The summed E-state index contributed by atoms with van der Waals surface area (Å²) < 4.78 is 29.5. The fourth-order valence-corrected chi connectivity index (χ4v) is 6.61. The Bertz CT molecular complexity index is 1680. The largest absolute Gasteiger partial charge is 0.279 e. The molecule has 0 unspecified atom stereocenters. The second kappa shape index (κ2) is 11.1. The van der Waals surface area contributed by atoms with Gasteiger partial charge in [-0.25, -0.2) is 13.4 Å². The Kier molecular flexibility index (Phi) is 7.66. The number of hydrogen-bond donors (Lipinski definition) is 0. The maximum atomic E-state index is 13.7. The average molecular weight is 608 g/mol. The molecule has 7 nitrogen and oxygen atoms in total. The van der Waals surface area contributed by atoms with Crippen molar-refractivity contribution < 1.29 is 13.2 Å². The van der Waals surface area contributed by atoms with Gasteiger partial charge in [-0.2, -0.15) is 4.31 Å². The van der Waals surface area contributed by atoms with E-state index in [0.29, 0.717) is 10.7 Å². The van der Waals surface area contributed by atoms with Crippen LogP contribution in [0.3, 0.4) is 0 Å². The summed E-state index contributed by atoms with van der Waals surface area (Å²) in [6.07, 6.45) is 3.39. The summed E-state index contributed by atoms with van der Waals surface area (Å²) in [6, 6.07) is 24.9. The Morgan fingerprint density at radius 3 is 2.37 bits per heavy atom. The first kappa shape index (κ1) is 26.2. The number of sulfonamides is 1. The zero-order valence-corrected chi connectivity index (χ0v) is 23.6. The lowest BCUT2D eigenvalue weighted by Crippen LogP contribution is -2.30. The number of nitrogens with zero attached hydrogens (tertiary/aromatic N) is 4. The van der Waals surface area contributed by atoms with E-state index in [-0.39, 0.29) is 23.9 Å². The molecule has 3 aromatic carbocycles. The van der Waals surface area contributed by atoms with Gasteiger partial charge in [0.2, 0.25) is 10.0 Å². The molecule has 0 aliphatic carbocycles. The fraction of sp³-hybridized carbons (Fsp3) is 0.107. The molecule has 0 radical (unpaired) electrons. The highest BCUT2D eigenvalue weighted by molar-refractivity contribution is 9.10. The van der Waals surface area contributed by atoms with E-state index in [1.54, 1.807) is 36.5 Å². The lowest BCUT2D eigenvalue weighted by molar-refractivity contribution is 0.0985. The zero-order valence-electron chi connectivity index (χ0n) is 20.4. The van der Waals surface area contributed by atoms with Gasteiger partial charge in [-0.15, -0.1) is 0 Å². The van der Waals surface area contributed by atoms with Crippen LogP contribution in [0, 0.1) is 0 Å². The van der Waals surface area contributed by atoms with Gasteiger partial charge in [-0.3, -0.25) is 14.7 Å².